The van der Waals surface area contributed by atoms with E-state index in [-0.39, 0.29) is 5.91 Å². The third kappa shape index (κ3) is 5.22. The average molecular weight is 406 g/mol. The molecule has 1 atom stereocenters. The average Bonchev–Trinajstić information content (AvgIpc) is 2.62. The Morgan fingerprint density at radius 2 is 1.88 bits per heavy atom. The fourth-order valence-corrected chi connectivity index (χ4v) is 2.51. The van der Waals surface area contributed by atoms with Crippen LogP contribution in [0.3, 0.4) is 0 Å². The Labute approximate surface area is 155 Å². The quantitative estimate of drug-likeness (QED) is 0.546. The lowest BCUT2D eigenvalue weighted by atomic mass is 10.2. The first-order valence-electron chi connectivity index (χ1n) is 7.61. The predicted molar refractivity (Wildman–Crippen MR) is 103 cm³/mol. The van der Waals surface area contributed by atoms with Gasteiger partial charge in [0, 0.05) is 10.0 Å². The summed E-state index contributed by atoms with van der Waals surface area (Å²) >= 11 is 3.39. The van der Waals surface area contributed by atoms with Gasteiger partial charge in [0.15, 0.2) is 0 Å². The molecule has 2 rings (SSSR count). The maximum atomic E-state index is 12.2. The van der Waals surface area contributed by atoms with Gasteiger partial charge in [0.2, 0.25) is 0 Å². The molecular weight excluding hydrogens is 386 g/mol. The molecule has 0 bridgehead atoms. The second-order valence-electron chi connectivity index (χ2n) is 5.19. The topological polar surface area (TPSA) is 72.0 Å². The number of anilines is 1. The predicted octanol–water partition coefficient (Wildman–Crippen LogP) is 3.42. The number of benzene rings is 2. The number of hydrazone groups is 1. The monoisotopic (exact) mass is 405 g/mol. The molecule has 2 aromatic carbocycles. The first-order valence-corrected chi connectivity index (χ1v) is 8.40. The maximum Gasteiger partial charge on any atom is 0.262 e. The zero-order valence-electron chi connectivity index (χ0n) is 14.2. The smallest absolute Gasteiger partial charge is 0.262 e. The van der Waals surface area contributed by atoms with Crippen LogP contribution in [0.1, 0.15) is 12.5 Å². The van der Waals surface area contributed by atoms with Crippen molar-refractivity contribution in [2.75, 3.05) is 19.5 Å². The van der Waals surface area contributed by atoms with Gasteiger partial charge in [-0.2, -0.15) is 5.10 Å². The standard InChI is InChI=1S/C18H20BrN3O3/c1-12(21-15-6-4-5-7-17(15)25-3)18(23)22-20-11-13-10-14(19)8-9-16(13)24-2/h4-12,21H,1-3H3,(H,22,23)/b20-11-/t12-/m0/s1. The van der Waals surface area contributed by atoms with Crippen LogP contribution in [0.5, 0.6) is 11.5 Å². The van der Waals surface area contributed by atoms with Crippen molar-refractivity contribution in [3.8, 4) is 11.5 Å². The summed E-state index contributed by atoms with van der Waals surface area (Å²) in [5.74, 6) is 1.07. The fourth-order valence-electron chi connectivity index (χ4n) is 2.13. The number of carbonyl (C=O) groups excluding carboxylic acids is 1. The van der Waals surface area contributed by atoms with Crippen LogP contribution in [0.2, 0.25) is 0 Å². The third-order valence-electron chi connectivity index (χ3n) is 3.44. The highest BCUT2D eigenvalue weighted by atomic mass is 79.9. The van der Waals surface area contributed by atoms with Gasteiger partial charge < -0.3 is 14.8 Å². The lowest BCUT2D eigenvalue weighted by Gasteiger charge is -2.15. The van der Waals surface area contributed by atoms with Crippen LogP contribution in [0.15, 0.2) is 52.0 Å². The Hall–Kier alpha value is -2.54. The summed E-state index contributed by atoms with van der Waals surface area (Å²) in [6.45, 7) is 1.75. The van der Waals surface area contributed by atoms with Crippen molar-refractivity contribution in [1.29, 1.82) is 0 Å². The summed E-state index contributed by atoms with van der Waals surface area (Å²) in [6, 6.07) is 12.5. The third-order valence-corrected chi connectivity index (χ3v) is 3.94. The van der Waals surface area contributed by atoms with E-state index in [0.717, 1.165) is 15.7 Å². The van der Waals surface area contributed by atoms with E-state index in [0.29, 0.717) is 11.5 Å². The summed E-state index contributed by atoms with van der Waals surface area (Å²) in [4.78, 5) is 12.2. The van der Waals surface area contributed by atoms with E-state index in [1.165, 1.54) is 6.21 Å². The number of hydrogen-bond donors (Lipinski definition) is 2. The Kier molecular flexibility index (Phi) is 6.82. The molecule has 2 N–H and O–H groups in total. The second kappa shape index (κ2) is 9.08. The van der Waals surface area contributed by atoms with Gasteiger partial charge in [0.25, 0.3) is 5.91 Å². The fraction of sp³-hybridized carbons (Fsp3) is 0.222. The van der Waals surface area contributed by atoms with E-state index in [2.05, 4.69) is 31.8 Å². The molecule has 0 aliphatic rings. The molecule has 0 aliphatic carbocycles. The first kappa shape index (κ1) is 18.8. The minimum atomic E-state index is -0.488. The molecule has 0 spiro atoms. The van der Waals surface area contributed by atoms with E-state index < -0.39 is 6.04 Å². The van der Waals surface area contributed by atoms with Gasteiger partial charge in [0.05, 0.1) is 26.1 Å². The number of ether oxygens (including phenoxy) is 2. The molecule has 7 heteroatoms. The van der Waals surface area contributed by atoms with Gasteiger partial charge in [-0.05, 0) is 37.3 Å². The molecule has 0 aromatic heterocycles. The first-order chi connectivity index (χ1) is 12.0. The van der Waals surface area contributed by atoms with Gasteiger partial charge in [-0.15, -0.1) is 0 Å². The molecule has 1 amide bonds. The Balaban J connectivity index is 1.99. The van der Waals surface area contributed by atoms with Crippen molar-refractivity contribution >= 4 is 33.7 Å². The van der Waals surface area contributed by atoms with E-state index in [1.807, 2.05) is 42.5 Å². The van der Waals surface area contributed by atoms with Crippen molar-refractivity contribution in [3.63, 3.8) is 0 Å². The van der Waals surface area contributed by atoms with Crippen LogP contribution < -0.4 is 20.2 Å². The Morgan fingerprint density at radius 1 is 1.16 bits per heavy atom. The summed E-state index contributed by atoms with van der Waals surface area (Å²) in [5, 5.41) is 7.10. The highest BCUT2D eigenvalue weighted by Crippen LogP contribution is 2.24. The minimum Gasteiger partial charge on any atom is -0.496 e. The van der Waals surface area contributed by atoms with Crippen molar-refractivity contribution in [2.24, 2.45) is 5.10 Å². The van der Waals surface area contributed by atoms with Crippen molar-refractivity contribution in [2.45, 2.75) is 13.0 Å². The molecule has 132 valence electrons. The van der Waals surface area contributed by atoms with Gasteiger partial charge in [-0.25, -0.2) is 5.43 Å². The van der Waals surface area contributed by atoms with E-state index in [9.17, 15) is 4.79 Å². The summed E-state index contributed by atoms with van der Waals surface area (Å²) < 4.78 is 11.4. The largest absolute Gasteiger partial charge is 0.496 e. The number of para-hydroxylation sites is 2. The van der Waals surface area contributed by atoms with Crippen LogP contribution in [0.4, 0.5) is 5.69 Å². The number of nitrogens with zero attached hydrogens (tertiary/aromatic N) is 1. The Morgan fingerprint density at radius 3 is 2.60 bits per heavy atom. The molecule has 6 nitrogen and oxygen atoms in total. The molecule has 0 unspecified atom stereocenters. The van der Waals surface area contributed by atoms with Crippen LogP contribution in [-0.2, 0) is 4.79 Å². The van der Waals surface area contributed by atoms with E-state index in [1.54, 1.807) is 21.1 Å². The van der Waals surface area contributed by atoms with Gasteiger partial charge in [0.1, 0.15) is 17.5 Å². The van der Waals surface area contributed by atoms with Crippen LogP contribution >= 0.6 is 15.9 Å². The lowest BCUT2D eigenvalue weighted by molar-refractivity contribution is -0.121. The molecular formula is C18H20BrN3O3. The molecule has 0 saturated carbocycles. The van der Waals surface area contributed by atoms with Crippen LogP contribution in [0, 0.1) is 0 Å². The van der Waals surface area contributed by atoms with Crippen molar-refractivity contribution < 1.29 is 14.3 Å². The van der Waals surface area contributed by atoms with Crippen LogP contribution in [-0.4, -0.2) is 32.4 Å². The normalized spacial score (nSPS) is 11.8. The number of nitrogens with one attached hydrogen (secondary N) is 2. The number of rotatable bonds is 7. The van der Waals surface area contributed by atoms with Crippen molar-refractivity contribution in [1.82, 2.24) is 5.43 Å². The highest BCUT2D eigenvalue weighted by Gasteiger charge is 2.13. The summed E-state index contributed by atoms with van der Waals surface area (Å²) in [6.07, 6.45) is 1.54. The number of carbonyl (C=O) groups is 1. The van der Waals surface area contributed by atoms with Gasteiger partial charge in [-0.1, -0.05) is 28.1 Å². The van der Waals surface area contributed by atoms with Crippen molar-refractivity contribution in [3.05, 3.63) is 52.5 Å². The van der Waals surface area contributed by atoms with Gasteiger partial charge >= 0.3 is 0 Å². The van der Waals surface area contributed by atoms with E-state index >= 15 is 0 Å². The lowest BCUT2D eigenvalue weighted by Crippen LogP contribution is -2.35. The molecule has 0 aliphatic heterocycles. The minimum absolute atomic E-state index is 0.267. The maximum absolute atomic E-state index is 12.2. The second-order valence-corrected chi connectivity index (χ2v) is 6.10. The molecule has 25 heavy (non-hydrogen) atoms. The number of methoxy groups -OCH3 is 2. The molecule has 0 saturated heterocycles. The molecule has 2 aromatic rings. The molecule has 0 fully saturated rings. The van der Waals surface area contributed by atoms with E-state index in [4.69, 9.17) is 9.47 Å². The summed E-state index contributed by atoms with van der Waals surface area (Å²) in [7, 11) is 3.17. The zero-order valence-corrected chi connectivity index (χ0v) is 15.8. The number of amides is 1. The highest BCUT2D eigenvalue weighted by molar-refractivity contribution is 9.10. The van der Waals surface area contributed by atoms with Gasteiger partial charge in [-0.3, -0.25) is 4.79 Å². The number of halogens is 1. The number of hydrogen-bond acceptors (Lipinski definition) is 5. The van der Waals surface area contributed by atoms with Crippen LogP contribution in [0.25, 0.3) is 0 Å². The summed E-state index contributed by atoms with van der Waals surface area (Å²) in [5.41, 5.74) is 4.01. The molecule has 0 heterocycles. The SMILES string of the molecule is COc1ccc(Br)cc1/C=N\NC(=O)[C@H](C)Nc1ccccc1OC. The molecule has 0 radical (unpaired) electrons. The Bertz CT molecular complexity index is 765. The zero-order chi connectivity index (χ0) is 18.2.